The van der Waals surface area contributed by atoms with Crippen LogP contribution in [0, 0.1) is 0 Å². The molecule has 186 valence electrons. The second-order valence-corrected chi connectivity index (χ2v) is 8.12. The van der Waals surface area contributed by atoms with Gasteiger partial charge in [0, 0.05) is 34.3 Å². The highest BCUT2D eigenvalue weighted by Crippen LogP contribution is 2.26. The van der Waals surface area contributed by atoms with Crippen LogP contribution in [-0.4, -0.2) is 36.2 Å². The highest BCUT2D eigenvalue weighted by atomic mass is 35.5. The van der Waals surface area contributed by atoms with Crippen LogP contribution in [0.1, 0.15) is 25.2 Å². The van der Waals surface area contributed by atoms with Gasteiger partial charge in [0.05, 0.1) is 24.8 Å². The Hall–Kier alpha value is -4.16. The lowest BCUT2D eigenvalue weighted by atomic mass is 10.2. The highest BCUT2D eigenvalue weighted by molar-refractivity contribution is 6.31. The molecule has 0 aliphatic heterocycles. The van der Waals surface area contributed by atoms with Crippen molar-refractivity contribution in [3.8, 4) is 34.8 Å². The van der Waals surface area contributed by atoms with Crippen LogP contribution < -0.4 is 29.1 Å². The predicted molar refractivity (Wildman–Crippen MR) is 123 cm³/mol. The second-order valence-electron chi connectivity index (χ2n) is 7.24. The Morgan fingerprint density at radius 2 is 1.17 bits per heavy atom. The van der Waals surface area contributed by atoms with Gasteiger partial charge in [0.15, 0.2) is 23.4 Å². The molecular weight excluding hydrogens is 515 g/mol. The van der Waals surface area contributed by atoms with E-state index in [1.807, 2.05) is 0 Å². The number of benzene rings is 2. The van der Waals surface area contributed by atoms with Crippen molar-refractivity contribution in [1.29, 1.82) is 0 Å². The summed E-state index contributed by atoms with van der Waals surface area (Å²) in [6, 6.07) is 9.56. The molecule has 4 rings (SSSR count). The number of hydrogen-bond acceptors (Lipinski definition) is 10. The van der Waals surface area contributed by atoms with Crippen LogP contribution in [0.5, 0.6) is 23.4 Å². The number of rotatable bonds is 7. The fourth-order valence-electron chi connectivity index (χ4n) is 3.33. The first kappa shape index (κ1) is 24.9. The van der Waals surface area contributed by atoms with E-state index in [-0.39, 0.29) is 22.8 Å². The standard InChI is InChI=1S/C22H18Cl2N6O6/c1-11(19-21(31)35-27-29(19)15-7-5-13(23)9-17(15)33-3)25-26-12(2)20-22(32)36-28-30(20)16-8-6-14(24)10-18(16)34-4/h5-10H,1-4H3. The molecule has 0 aliphatic rings. The summed E-state index contributed by atoms with van der Waals surface area (Å²) >= 11 is 12.1. The summed E-state index contributed by atoms with van der Waals surface area (Å²) in [6.45, 7) is 3.07. The van der Waals surface area contributed by atoms with E-state index in [1.165, 1.54) is 37.4 Å². The summed E-state index contributed by atoms with van der Waals surface area (Å²) in [5.74, 6) is -0.797. The summed E-state index contributed by atoms with van der Waals surface area (Å²) in [6.07, 6.45) is 0. The van der Waals surface area contributed by atoms with Gasteiger partial charge in [-0.1, -0.05) is 23.2 Å². The molecule has 0 fully saturated rings. The third kappa shape index (κ3) is 4.68. The largest absolute Gasteiger partial charge is 0.539 e. The molecule has 2 aromatic heterocycles. The Morgan fingerprint density at radius 1 is 0.778 bits per heavy atom. The van der Waals surface area contributed by atoms with E-state index >= 15 is 0 Å². The monoisotopic (exact) mass is 532 g/mol. The fraction of sp³-hybridized carbons (Fsp3) is 0.182. The lowest BCUT2D eigenvalue weighted by Crippen LogP contribution is -2.39. The molecule has 0 saturated carbocycles. The van der Waals surface area contributed by atoms with Gasteiger partial charge in [-0.15, -0.1) is 10.2 Å². The molecule has 0 radical (unpaired) electrons. The molecular formula is C22H18Cl2N6O6. The van der Waals surface area contributed by atoms with Gasteiger partial charge in [0.1, 0.15) is 11.4 Å². The molecule has 0 amide bonds. The Balaban J connectivity index is 1.76. The van der Waals surface area contributed by atoms with Crippen LogP contribution in [-0.2, 0) is 0 Å². The summed E-state index contributed by atoms with van der Waals surface area (Å²) < 4.78 is 22.8. The molecule has 14 heteroatoms. The van der Waals surface area contributed by atoms with E-state index in [4.69, 9.17) is 41.7 Å². The Bertz CT molecular complexity index is 1380. The molecule has 0 unspecified atom stereocenters. The number of ether oxygens (including phenoxy) is 2. The van der Waals surface area contributed by atoms with E-state index in [0.717, 1.165) is 0 Å². The molecule has 0 saturated heterocycles. The minimum atomic E-state index is -0.753. The molecule has 36 heavy (non-hydrogen) atoms. The van der Waals surface area contributed by atoms with E-state index in [2.05, 4.69) is 20.7 Å². The maximum absolute atomic E-state index is 12.4. The minimum absolute atomic E-state index is 0.00733. The number of halogens is 2. The van der Waals surface area contributed by atoms with Crippen molar-refractivity contribution in [3.63, 3.8) is 0 Å². The van der Waals surface area contributed by atoms with E-state index in [1.54, 1.807) is 36.4 Å². The SMILES string of the molecule is COc1cc(Cl)ccc1-[n+]1noc([O-])c1/C(C)=N/N=C(\C)c1c([O-])on[n+]1-c1ccc(Cl)cc1OC. The molecule has 12 nitrogen and oxygen atoms in total. The molecule has 0 spiro atoms. The van der Waals surface area contributed by atoms with Crippen LogP contribution >= 0.6 is 23.2 Å². The zero-order valence-electron chi connectivity index (χ0n) is 19.4. The maximum Gasteiger partial charge on any atom is 0.286 e. The lowest BCUT2D eigenvalue weighted by Gasteiger charge is -2.03. The van der Waals surface area contributed by atoms with Crippen molar-refractivity contribution in [1.82, 2.24) is 10.5 Å². The van der Waals surface area contributed by atoms with Crippen LogP contribution in [0.3, 0.4) is 0 Å². The minimum Gasteiger partial charge on any atom is -0.539 e. The summed E-state index contributed by atoms with van der Waals surface area (Å²) in [5.41, 5.74) is 1.08. The van der Waals surface area contributed by atoms with Gasteiger partial charge >= 0.3 is 0 Å². The average Bonchev–Trinajstić information content (AvgIpc) is 3.44. The molecule has 2 heterocycles. The molecule has 0 bridgehead atoms. The second kappa shape index (κ2) is 10.2. The lowest BCUT2D eigenvalue weighted by molar-refractivity contribution is -0.672. The predicted octanol–water partition coefficient (Wildman–Crippen LogP) is 1.92. The van der Waals surface area contributed by atoms with Gasteiger partial charge in [-0.2, -0.15) is 0 Å². The number of aromatic nitrogens is 4. The highest BCUT2D eigenvalue weighted by Gasteiger charge is 2.29. The van der Waals surface area contributed by atoms with Crippen molar-refractivity contribution in [2.75, 3.05) is 14.2 Å². The number of nitrogens with zero attached hydrogens (tertiary/aromatic N) is 6. The molecule has 0 atom stereocenters. The van der Waals surface area contributed by atoms with Gasteiger partial charge in [0.2, 0.25) is 0 Å². The normalized spacial score (nSPS) is 12.2. The first-order valence-corrected chi connectivity index (χ1v) is 11.0. The smallest absolute Gasteiger partial charge is 0.286 e. The Kier molecular flexibility index (Phi) is 7.08. The van der Waals surface area contributed by atoms with Gasteiger partial charge in [-0.05, 0) is 35.3 Å². The van der Waals surface area contributed by atoms with Gasteiger partial charge < -0.3 is 28.7 Å². The molecule has 2 aromatic carbocycles. The quantitative estimate of drug-likeness (QED) is 0.199. The Labute approximate surface area is 214 Å². The fourth-order valence-corrected chi connectivity index (χ4v) is 3.65. The first-order chi connectivity index (χ1) is 17.2. The number of methoxy groups -OCH3 is 2. The van der Waals surface area contributed by atoms with Crippen LogP contribution in [0.2, 0.25) is 10.0 Å². The van der Waals surface area contributed by atoms with Crippen molar-refractivity contribution in [3.05, 3.63) is 57.8 Å². The summed E-state index contributed by atoms with van der Waals surface area (Å²) in [5, 5.41) is 41.6. The average molecular weight is 533 g/mol. The van der Waals surface area contributed by atoms with Crippen molar-refractivity contribution < 1.29 is 38.1 Å². The van der Waals surface area contributed by atoms with Gasteiger partial charge in [0.25, 0.3) is 22.8 Å². The zero-order valence-corrected chi connectivity index (χ0v) is 20.9. The van der Waals surface area contributed by atoms with Crippen molar-refractivity contribution in [2.45, 2.75) is 13.8 Å². The molecule has 4 aromatic rings. The third-order valence-corrected chi connectivity index (χ3v) is 5.47. The van der Waals surface area contributed by atoms with Crippen LogP contribution in [0.25, 0.3) is 11.4 Å². The maximum atomic E-state index is 12.4. The zero-order chi connectivity index (χ0) is 26.0. The van der Waals surface area contributed by atoms with Crippen LogP contribution in [0.4, 0.5) is 0 Å². The van der Waals surface area contributed by atoms with E-state index in [9.17, 15) is 10.2 Å². The van der Waals surface area contributed by atoms with Gasteiger partial charge in [-0.25, -0.2) is 0 Å². The third-order valence-electron chi connectivity index (χ3n) is 5.00. The topological polar surface area (TPSA) is 149 Å². The first-order valence-electron chi connectivity index (χ1n) is 10.2. The van der Waals surface area contributed by atoms with Gasteiger partial charge in [-0.3, -0.25) is 0 Å². The van der Waals surface area contributed by atoms with Crippen molar-refractivity contribution in [2.24, 2.45) is 10.2 Å². The number of hydrogen-bond donors (Lipinski definition) is 0. The summed E-state index contributed by atoms with van der Waals surface area (Å²) in [4.78, 5) is 0. The molecule has 0 N–H and O–H groups in total. The van der Waals surface area contributed by atoms with Crippen LogP contribution in [0.15, 0.2) is 55.6 Å². The summed E-state index contributed by atoms with van der Waals surface area (Å²) in [7, 11) is 2.90. The van der Waals surface area contributed by atoms with Crippen molar-refractivity contribution >= 4 is 34.6 Å². The van der Waals surface area contributed by atoms with E-state index in [0.29, 0.717) is 32.9 Å². The van der Waals surface area contributed by atoms with E-state index < -0.39 is 11.9 Å². The molecule has 0 aliphatic carbocycles. The Morgan fingerprint density at radius 3 is 1.53 bits per heavy atom.